The van der Waals surface area contributed by atoms with Crippen LogP contribution in [-0.4, -0.2) is 34.7 Å². The molecule has 2 N–H and O–H groups in total. The van der Waals surface area contributed by atoms with E-state index in [4.69, 9.17) is 9.84 Å². The summed E-state index contributed by atoms with van der Waals surface area (Å²) in [6.45, 7) is 2.56. The molecule has 20 heavy (non-hydrogen) atoms. The van der Waals surface area contributed by atoms with Crippen molar-refractivity contribution < 1.29 is 19.4 Å². The molecule has 5 nitrogen and oxygen atoms in total. The van der Waals surface area contributed by atoms with Crippen molar-refractivity contribution in [1.29, 1.82) is 0 Å². The van der Waals surface area contributed by atoms with E-state index in [9.17, 15) is 9.59 Å². The van der Waals surface area contributed by atoms with Crippen LogP contribution in [-0.2, 0) is 16.1 Å². The second kappa shape index (κ2) is 9.25. The fourth-order valence-electron chi connectivity index (χ4n) is 1.49. The Morgan fingerprint density at radius 2 is 2.05 bits per heavy atom. The largest absolute Gasteiger partial charge is 0.481 e. The Bertz CT molecular complexity index is 424. The van der Waals surface area contributed by atoms with Crippen LogP contribution in [0.2, 0.25) is 0 Å². The summed E-state index contributed by atoms with van der Waals surface area (Å²) in [5.74, 6) is -0.144. The van der Waals surface area contributed by atoms with E-state index in [1.807, 2.05) is 37.3 Å². The molecule has 0 saturated heterocycles. The molecule has 0 aromatic heterocycles. The van der Waals surface area contributed by atoms with E-state index in [0.29, 0.717) is 12.3 Å². The fraction of sp³-hybridized carbons (Fsp3) is 0.429. The number of nitrogens with one attached hydrogen (secondary N) is 1. The molecule has 0 radical (unpaired) electrons. The highest BCUT2D eigenvalue weighted by atomic mass is 32.2. The molecule has 0 fully saturated rings. The van der Waals surface area contributed by atoms with Gasteiger partial charge in [0.25, 0.3) is 0 Å². The van der Waals surface area contributed by atoms with Crippen molar-refractivity contribution in [2.24, 2.45) is 0 Å². The number of benzene rings is 1. The molecule has 1 amide bonds. The van der Waals surface area contributed by atoms with Crippen LogP contribution in [0.5, 0.6) is 0 Å². The van der Waals surface area contributed by atoms with Crippen molar-refractivity contribution in [3.63, 3.8) is 0 Å². The van der Waals surface area contributed by atoms with Gasteiger partial charge in [0.05, 0.1) is 6.42 Å². The van der Waals surface area contributed by atoms with Gasteiger partial charge < -0.3 is 15.2 Å². The third-order valence-electron chi connectivity index (χ3n) is 2.45. The van der Waals surface area contributed by atoms with Crippen LogP contribution in [0.1, 0.15) is 18.9 Å². The first-order valence-corrected chi connectivity index (χ1v) is 7.40. The smallest absolute Gasteiger partial charge is 0.407 e. The van der Waals surface area contributed by atoms with Crippen LogP contribution in [0.15, 0.2) is 30.3 Å². The zero-order valence-corrected chi connectivity index (χ0v) is 12.2. The zero-order valence-electron chi connectivity index (χ0n) is 11.4. The Morgan fingerprint density at radius 3 is 2.70 bits per heavy atom. The molecule has 1 unspecified atom stereocenters. The lowest BCUT2D eigenvalue weighted by molar-refractivity contribution is -0.136. The van der Waals surface area contributed by atoms with Gasteiger partial charge in [-0.15, -0.1) is 0 Å². The van der Waals surface area contributed by atoms with Crippen LogP contribution in [0.3, 0.4) is 0 Å². The van der Waals surface area contributed by atoms with Crippen LogP contribution in [0, 0.1) is 0 Å². The highest BCUT2D eigenvalue weighted by Gasteiger charge is 2.08. The first kappa shape index (κ1) is 16.4. The average Bonchev–Trinajstić information content (AvgIpc) is 2.42. The van der Waals surface area contributed by atoms with Gasteiger partial charge in [0.2, 0.25) is 0 Å². The first-order chi connectivity index (χ1) is 9.58. The average molecular weight is 297 g/mol. The molecule has 110 valence electrons. The Kier molecular flexibility index (Phi) is 7.57. The lowest BCUT2D eigenvalue weighted by atomic mass is 10.2. The van der Waals surface area contributed by atoms with Gasteiger partial charge in [0.15, 0.2) is 0 Å². The molecule has 0 aliphatic heterocycles. The molecular formula is C14H19NO4S. The van der Waals surface area contributed by atoms with Gasteiger partial charge in [-0.25, -0.2) is 4.79 Å². The van der Waals surface area contributed by atoms with Gasteiger partial charge in [-0.1, -0.05) is 37.3 Å². The second-order valence-corrected chi connectivity index (χ2v) is 5.81. The van der Waals surface area contributed by atoms with Gasteiger partial charge in [-0.2, -0.15) is 11.8 Å². The van der Waals surface area contributed by atoms with E-state index in [0.717, 1.165) is 5.56 Å². The number of thioether (sulfide) groups is 1. The summed E-state index contributed by atoms with van der Waals surface area (Å²) < 4.78 is 5.05. The topological polar surface area (TPSA) is 75.6 Å². The quantitative estimate of drug-likeness (QED) is 0.721. The fourth-order valence-corrected chi connectivity index (χ4v) is 2.37. The minimum Gasteiger partial charge on any atom is -0.481 e. The van der Waals surface area contributed by atoms with Crippen LogP contribution in [0.25, 0.3) is 0 Å². The van der Waals surface area contributed by atoms with E-state index in [1.54, 1.807) is 0 Å². The number of carbonyl (C=O) groups is 2. The number of carboxylic acids is 1. The molecule has 0 aliphatic rings. The third-order valence-corrected chi connectivity index (χ3v) is 3.62. The van der Waals surface area contributed by atoms with Crippen molar-refractivity contribution in [3.05, 3.63) is 35.9 Å². The van der Waals surface area contributed by atoms with Crippen molar-refractivity contribution in [2.75, 3.05) is 12.3 Å². The Hall–Kier alpha value is -1.69. The van der Waals surface area contributed by atoms with Crippen molar-refractivity contribution in [1.82, 2.24) is 5.32 Å². The van der Waals surface area contributed by atoms with E-state index in [-0.39, 0.29) is 18.3 Å². The number of aliphatic carboxylic acids is 1. The standard InChI is InChI=1S/C14H19NO4S/c1-11(9-13(16)17)20-8-7-15-14(18)19-10-12-5-3-2-4-6-12/h2-6,11H,7-10H2,1H3,(H,15,18)(H,16,17). The predicted molar refractivity (Wildman–Crippen MR) is 78.8 cm³/mol. The number of ether oxygens (including phenoxy) is 1. The van der Waals surface area contributed by atoms with Gasteiger partial charge in [-0.05, 0) is 5.56 Å². The summed E-state index contributed by atoms with van der Waals surface area (Å²) >= 11 is 1.51. The molecular weight excluding hydrogens is 278 g/mol. The minimum atomic E-state index is -0.805. The number of hydrogen-bond acceptors (Lipinski definition) is 4. The molecule has 6 heteroatoms. The van der Waals surface area contributed by atoms with Gasteiger partial charge in [-0.3, -0.25) is 4.79 Å². The molecule has 1 aromatic carbocycles. The minimum absolute atomic E-state index is 0.0367. The van der Waals surface area contributed by atoms with Crippen molar-refractivity contribution >= 4 is 23.8 Å². The van der Waals surface area contributed by atoms with Gasteiger partial charge >= 0.3 is 12.1 Å². The Morgan fingerprint density at radius 1 is 1.35 bits per heavy atom. The molecule has 0 bridgehead atoms. The van der Waals surface area contributed by atoms with Crippen LogP contribution in [0.4, 0.5) is 4.79 Å². The number of hydrogen-bond donors (Lipinski definition) is 2. The molecule has 0 saturated carbocycles. The number of rotatable bonds is 8. The monoisotopic (exact) mass is 297 g/mol. The molecule has 1 aromatic rings. The maximum atomic E-state index is 11.4. The van der Waals surface area contributed by atoms with Crippen molar-refractivity contribution in [2.45, 2.75) is 25.2 Å². The first-order valence-electron chi connectivity index (χ1n) is 6.36. The molecule has 0 aliphatic carbocycles. The zero-order chi connectivity index (χ0) is 14.8. The summed E-state index contributed by atoms with van der Waals surface area (Å²) in [5.41, 5.74) is 0.937. The Balaban J connectivity index is 2.07. The van der Waals surface area contributed by atoms with E-state index in [1.165, 1.54) is 11.8 Å². The molecule has 0 spiro atoms. The number of alkyl carbamates (subject to hydrolysis) is 1. The van der Waals surface area contributed by atoms with Crippen molar-refractivity contribution in [3.8, 4) is 0 Å². The highest BCUT2D eigenvalue weighted by Crippen LogP contribution is 2.12. The molecule has 1 rings (SSSR count). The normalized spacial score (nSPS) is 11.7. The lowest BCUT2D eigenvalue weighted by Crippen LogP contribution is -2.26. The van der Waals surface area contributed by atoms with Gasteiger partial charge in [0.1, 0.15) is 6.61 Å². The molecule has 1 atom stereocenters. The second-order valence-electron chi connectivity index (χ2n) is 4.27. The number of amides is 1. The van der Waals surface area contributed by atoms with E-state index < -0.39 is 12.1 Å². The van der Waals surface area contributed by atoms with Gasteiger partial charge in [0, 0.05) is 17.5 Å². The summed E-state index contributed by atoms with van der Waals surface area (Å²) in [6, 6.07) is 9.45. The SMILES string of the molecule is CC(CC(=O)O)SCCNC(=O)OCc1ccccc1. The lowest BCUT2D eigenvalue weighted by Gasteiger charge is -2.09. The third kappa shape index (κ3) is 7.68. The predicted octanol–water partition coefficient (Wildman–Crippen LogP) is 2.51. The Labute approximate surface area is 122 Å². The molecule has 0 heterocycles. The van der Waals surface area contributed by atoms with E-state index >= 15 is 0 Å². The summed E-state index contributed by atoms with van der Waals surface area (Å²) in [4.78, 5) is 21.9. The number of carbonyl (C=O) groups excluding carboxylic acids is 1. The maximum Gasteiger partial charge on any atom is 0.407 e. The maximum absolute atomic E-state index is 11.4. The van der Waals surface area contributed by atoms with Crippen LogP contribution < -0.4 is 5.32 Å². The highest BCUT2D eigenvalue weighted by molar-refractivity contribution is 7.99. The van der Waals surface area contributed by atoms with Crippen LogP contribution >= 0.6 is 11.8 Å². The summed E-state index contributed by atoms with van der Waals surface area (Å²) in [7, 11) is 0. The summed E-state index contributed by atoms with van der Waals surface area (Å²) in [5, 5.41) is 11.3. The summed E-state index contributed by atoms with van der Waals surface area (Å²) in [6.07, 6.45) is -0.330. The number of carboxylic acid groups (broad SMARTS) is 1. The van der Waals surface area contributed by atoms with E-state index in [2.05, 4.69) is 5.32 Å².